The van der Waals surface area contributed by atoms with E-state index in [-0.39, 0.29) is 11.9 Å². The van der Waals surface area contributed by atoms with Crippen LogP contribution in [-0.2, 0) is 18.4 Å². The molecule has 0 aliphatic carbocycles. The molecule has 1 atom stereocenters. The Morgan fingerprint density at radius 2 is 2.25 bits per heavy atom. The van der Waals surface area contributed by atoms with Crippen molar-refractivity contribution in [1.29, 1.82) is 0 Å². The summed E-state index contributed by atoms with van der Waals surface area (Å²) in [6.45, 7) is 2.75. The van der Waals surface area contributed by atoms with Crippen molar-refractivity contribution in [3.8, 4) is 0 Å². The Bertz CT molecular complexity index is 532. The topological polar surface area (TPSA) is 64.7 Å². The van der Waals surface area contributed by atoms with Gasteiger partial charge in [-0.05, 0) is 6.42 Å². The number of nitrogens with zero attached hydrogens (tertiary/aromatic N) is 4. The SMILES string of the molecule is CCCC(NC(=O)CCn1ccnc1)c1nccn1C. The number of nitrogens with one attached hydrogen (secondary N) is 1. The van der Waals surface area contributed by atoms with E-state index >= 15 is 0 Å². The highest BCUT2D eigenvalue weighted by Crippen LogP contribution is 2.16. The average Bonchev–Trinajstić information content (AvgIpc) is 3.07. The van der Waals surface area contributed by atoms with Crippen molar-refractivity contribution in [3.05, 3.63) is 36.9 Å². The molecular weight excluding hydrogens is 254 g/mol. The zero-order valence-corrected chi connectivity index (χ0v) is 12.0. The fraction of sp³-hybridized carbons (Fsp3) is 0.500. The van der Waals surface area contributed by atoms with Crippen LogP contribution in [0.2, 0.25) is 0 Å². The molecule has 2 aromatic heterocycles. The third kappa shape index (κ3) is 3.69. The smallest absolute Gasteiger partial charge is 0.222 e. The lowest BCUT2D eigenvalue weighted by molar-refractivity contribution is -0.122. The fourth-order valence-electron chi connectivity index (χ4n) is 2.18. The van der Waals surface area contributed by atoms with Crippen molar-refractivity contribution in [1.82, 2.24) is 24.4 Å². The lowest BCUT2D eigenvalue weighted by Gasteiger charge is -2.18. The first-order chi connectivity index (χ1) is 9.70. The Morgan fingerprint density at radius 1 is 1.40 bits per heavy atom. The second-order valence-corrected chi connectivity index (χ2v) is 4.86. The van der Waals surface area contributed by atoms with Crippen LogP contribution in [0, 0.1) is 0 Å². The number of hydrogen-bond donors (Lipinski definition) is 1. The highest BCUT2D eigenvalue weighted by atomic mass is 16.1. The van der Waals surface area contributed by atoms with Crippen molar-refractivity contribution in [2.24, 2.45) is 7.05 Å². The van der Waals surface area contributed by atoms with E-state index in [1.54, 1.807) is 18.7 Å². The first-order valence-electron chi connectivity index (χ1n) is 6.93. The standard InChI is InChI=1S/C14H21N5O/c1-3-4-12(14-16-7-9-18(14)2)17-13(20)5-8-19-10-6-15-11-19/h6-7,9-12H,3-5,8H2,1-2H3,(H,17,20). The monoisotopic (exact) mass is 275 g/mol. The summed E-state index contributed by atoms with van der Waals surface area (Å²) in [5.41, 5.74) is 0. The molecule has 1 amide bonds. The van der Waals surface area contributed by atoms with Crippen LogP contribution in [0.3, 0.4) is 0 Å². The molecule has 1 N–H and O–H groups in total. The van der Waals surface area contributed by atoms with Crippen LogP contribution in [0.25, 0.3) is 0 Å². The second-order valence-electron chi connectivity index (χ2n) is 4.86. The summed E-state index contributed by atoms with van der Waals surface area (Å²) in [7, 11) is 1.95. The molecule has 1 unspecified atom stereocenters. The summed E-state index contributed by atoms with van der Waals surface area (Å²) in [6, 6.07) is -0.0183. The van der Waals surface area contributed by atoms with E-state index in [2.05, 4.69) is 22.2 Å². The molecule has 6 nitrogen and oxygen atoms in total. The molecule has 0 aromatic carbocycles. The number of aryl methyl sites for hydroxylation is 2. The molecule has 2 aromatic rings. The van der Waals surface area contributed by atoms with Crippen molar-refractivity contribution < 1.29 is 4.79 Å². The van der Waals surface area contributed by atoms with E-state index in [1.165, 1.54) is 0 Å². The quantitative estimate of drug-likeness (QED) is 0.836. The van der Waals surface area contributed by atoms with Crippen LogP contribution in [0.15, 0.2) is 31.1 Å². The Balaban J connectivity index is 1.91. The van der Waals surface area contributed by atoms with Gasteiger partial charge in [-0.2, -0.15) is 0 Å². The Hall–Kier alpha value is -2.11. The number of amides is 1. The summed E-state index contributed by atoms with van der Waals surface area (Å²) in [5.74, 6) is 0.947. The van der Waals surface area contributed by atoms with E-state index in [1.807, 2.05) is 28.6 Å². The number of carbonyl (C=O) groups excluding carboxylic acids is 1. The van der Waals surface area contributed by atoms with Crippen LogP contribution < -0.4 is 5.32 Å². The summed E-state index contributed by atoms with van der Waals surface area (Å²) < 4.78 is 3.85. The lowest BCUT2D eigenvalue weighted by Crippen LogP contribution is -2.30. The van der Waals surface area contributed by atoms with Crippen molar-refractivity contribution in [3.63, 3.8) is 0 Å². The van der Waals surface area contributed by atoms with Gasteiger partial charge in [-0.25, -0.2) is 9.97 Å². The number of aromatic nitrogens is 4. The highest BCUT2D eigenvalue weighted by molar-refractivity contribution is 5.76. The minimum absolute atomic E-state index is 0.0183. The maximum Gasteiger partial charge on any atom is 0.222 e. The minimum atomic E-state index is -0.0183. The van der Waals surface area contributed by atoms with Gasteiger partial charge in [0, 0.05) is 44.8 Å². The molecule has 0 bridgehead atoms. The van der Waals surface area contributed by atoms with Gasteiger partial charge in [0.1, 0.15) is 5.82 Å². The third-order valence-corrected chi connectivity index (χ3v) is 3.24. The Labute approximate surface area is 118 Å². The first kappa shape index (κ1) is 14.3. The van der Waals surface area contributed by atoms with Crippen LogP contribution in [0.1, 0.15) is 38.1 Å². The van der Waals surface area contributed by atoms with E-state index < -0.39 is 0 Å². The van der Waals surface area contributed by atoms with Crippen molar-refractivity contribution in [2.45, 2.75) is 38.8 Å². The number of imidazole rings is 2. The summed E-state index contributed by atoms with van der Waals surface area (Å²) in [4.78, 5) is 20.3. The lowest BCUT2D eigenvalue weighted by atomic mass is 10.1. The van der Waals surface area contributed by atoms with Crippen molar-refractivity contribution in [2.75, 3.05) is 0 Å². The van der Waals surface area contributed by atoms with Crippen LogP contribution in [0.4, 0.5) is 0 Å². The summed E-state index contributed by atoms with van der Waals surface area (Å²) >= 11 is 0. The average molecular weight is 275 g/mol. The minimum Gasteiger partial charge on any atom is -0.346 e. The zero-order chi connectivity index (χ0) is 14.4. The molecule has 6 heteroatoms. The van der Waals surface area contributed by atoms with Gasteiger partial charge in [-0.15, -0.1) is 0 Å². The van der Waals surface area contributed by atoms with Crippen LogP contribution in [-0.4, -0.2) is 25.0 Å². The van der Waals surface area contributed by atoms with Gasteiger partial charge >= 0.3 is 0 Å². The largest absolute Gasteiger partial charge is 0.346 e. The third-order valence-electron chi connectivity index (χ3n) is 3.24. The van der Waals surface area contributed by atoms with Gasteiger partial charge in [0.05, 0.1) is 12.4 Å². The predicted octanol–water partition coefficient (Wildman–Crippen LogP) is 1.66. The highest BCUT2D eigenvalue weighted by Gasteiger charge is 2.17. The van der Waals surface area contributed by atoms with E-state index in [0.717, 1.165) is 18.7 Å². The molecule has 0 aliphatic heterocycles. The molecule has 0 fully saturated rings. The second kappa shape index (κ2) is 6.88. The zero-order valence-electron chi connectivity index (χ0n) is 12.0. The fourth-order valence-corrected chi connectivity index (χ4v) is 2.18. The molecule has 0 spiro atoms. The van der Waals surface area contributed by atoms with E-state index in [0.29, 0.717) is 13.0 Å². The van der Waals surface area contributed by atoms with E-state index in [9.17, 15) is 4.79 Å². The van der Waals surface area contributed by atoms with E-state index in [4.69, 9.17) is 0 Å². The number of rotatable bonds is 7. The van der Waals surface area contributed by atoms with Gasteiger partial charge in [-0.1, -0.05) is 13.3 Å². The molecule has 0 aliphatic rings. The maximum atomic E-state index is 12.0. The first-order valence-corrected chi connectivity index (χ1v) is 6.93. The molecule has 0 saturated carbocycles. The molecule has 20 heavy (non-hydrogen) atoms. The number of hydrogen-bond acceptors (Lipinski definition) is 3. The van der Waals surface area contributed by atoms with Gasteiger partial charge in [0.25, 0.3) is 0 Å². The van der Waals surface area contributed by atoms with Gasteiger partial charge < -0.3 is 14.5 Å². The van der Waals surface area contributed by atoms with Crippen LogP contribution in [0.5, 0.6) is 0 Å². The predicted molar refractivity (Wildman–Crippen MR) is 75.8 cm³/mol. The molecule has 0 radical (unpaired) electrons. The molecule has 108 valence electrons. The maximum absolute atomic E-state index is 12.0. The Kier molecular flexibility index (Phi) is 4.92. The summed E-state index contributed by atoms with van der Waals surface area (Å²) in [6.07, 6.45) is 11.3. The van der Waals surface area contributed by atoms with Gasteiger partial charge in [0.15, 0.2) is 0 Å². The van der Waals surface area contributed by atoms with Gasteiger partial charge in [-0.3, -0.25) is 4.79 Å². The van der Waals surface area contributed by atoms with Gasteiger partial charge in [0.2, 0.25) is 5.91 Å². The normalized spacial score (nSPS) is 12.3. The Morgan fingerprint density at radius 3 is 2.85 bits per heavy atom. The molecule has 2 heterocycles. The molecule has 2 rings (SSSR count). The molecular formula is C14H21N5O. The van der Waals surface area contributed by atoms with Crippen molar-refractivity contribution >= 4 is 5.91 Å². The molecule has 0 saturated heterocycles. The number of carbonyl (C=O) groups is 1. The summed E-state index contributed by atoms with van der Waals surface area (Å²) in [5, 5.41) is 3.07. The van der Waals surface area contributed by atoms with Crippen LogP contribution >= 0.6 is 0 Å².